The zero-order valence-electron chi connectivity index (χ0n) is 13.0. The van der Waals surface area contributed by atoms with Crippen molar-refractivity contribution in [2.24, 2.45) is 0 Å². The number of rotatable bonds is 5. The van der Waals surface area contributed by atoms with E-state index in [1.54, 1.807) is 0 Å². The molecule has 0 aliphatic heterocycles. The summed E-state index contributed by atoms with van der Waals surface area (Å²) < 4.78 is 38.0. The number of halogens is 2. The summed E-state index contributed by atoms with van der Waals surface area (Å²) in [7, 11) is 1.30. The van der Waals surface area contributed by atoms with Crippen molar-refractivity contribution in [2.75, 3.05) is 7.11 Å². The van der Waals surface area contributed by atoms with Crippen LogP contribution in [-0.4, -0.2) is 17.0 Å². The molecule has 1 aromatic heterocycles. The molecule has 0 amide bonds. The molecule has 0 saturated carbocycles. The van der Waals surface area contributed by atoms with Crippen LogP contribution in [-0.2, 0) is 6.61 Å². The average Bonchev–Trinajstić information content (AvgIpc) is 2.61. The van der Waals surface area contributed by atoms with Crippen molar-refractivity contribution in [3.05, 3.63) is 70.0 Å². The van der Waals surface area contributed by atoms with Gasteiger partial charge in [0.05, 0.1) is 18.1 Å². The van der Waals surface area contributed by atoms with Crippen molar-refractivity contribution in [1.29, 1.82) is 0 Å². The van der Waals surface area contributed by atoms with E-state index in [0.717, 1.165) is 12.1 Å². The van der Waals surface area contributed by atoms with Gasteiger partial charge in [0.2, 0.25) is 5.82 Å². The molecule has 128 valence electrons. The summed E-state index contributed by atoms with van der Waals surface area (Å²) in [6, 6.07) is 6.21. The lowest BCUT2D eigenvalue weighted by Crippen LogP contribution is -2.01. The molecule has 8 heteroatoms. The van der Waals surface area contributed by atoms with Crippen LogP contribution in [0.5, 0.6) is 11.5 Å². The van der Waals surface area contributed by atoms with Crippen molar-refractivity contribution in [1.82, 2.24) is 4.98 Å². The van der Waals surface area contributed by atoms with Crippen LogP contribution in [0.25, 0.3) is 10.8 Å². The fourth-order valence-corrected chi connectivity index (χ4v) is 2.43. The molecule has 0 bridgehead atoms. The van der Waals surface area contributed by atoms with Crippen LogP contribution in [0.2, 0.25) is 0 Å². The van der Waals surface area contributed by atoms with Gasteiger partial charge in [-0.25, -0.2) is 4.39 Å². The minimum Gasteiger partial charge on any atom is -0.493 e. The highest BCUT2D eigenvalue weighted by molar-refractivity contribution is 5.85. The van der Waals surface area contributed by atoms with Gasteiger partial charge in [-0.3, -0.25) is 15.1 Å². The Labute approximate surface area is 140 Å². The minimum atomic E-state index is -1.02. The Kier molecular flexibility index (Phi) is 4.42. The Balaban J connectivity index is 1.96. The highest BCUT2D eigenvalue weighted by Crippen LogP contribution is 2.34. The molecule has 0 atom stereocenters. The maximum atomic E-state index is 13.8. The second kappa shape index (κ2) is 6.68. The third-order valence-corrected chi connectivity index (χ3v) is 3.67. The molecule has 0 aliphatic rings. The minimum absolute atomic E-state index is 0.0111. The monoisotopic (exact) mass is 346 g/mol. The Morgan fingerprint density at radius 1 is 1.12 bits per heavy atom. The maximum Gasteiger partial charge on any atom is 0.308 e. The van der Waals surface area contributed by atoms with Gasteiger partial charge in [-0.05, 0) is 17.7 Å². The standard InChI is InChI=1S/C17H12F2N2O4/c1-24-16-6-14(19)15(21(22)23)7-17(16)25-9-10-2-3-13(18)11-4-5-20-8-12(10)11/h2-8H,9H2,1H3. The lowest BCUT2D eigenvalue weighted by Gasteiger charge is -2.12. The topological polar surface area (TPSA) is 74.5 Å². The van der Waals surface area contributed by atoms with Crippen LogP contribution in [0.15, 0.2) is 42.7 Å². The molecule has 0 unspecified atom stereocenters. The molecular weight excluding hydrogens is 334 g/mol. The van der Waals surface area contributed by atoms with Gasteiger partial charge < -0.3 is 9.47 Å². The third kappa shape index (κ3) is 3.18. The van der Waals surface area contributed by atoms with Crippen molar-refractivity contribution in [2.45, 2.75) is 6.61 Å². The van der Waals surface area contributed by atoms with E-state index in [0.29, 0.717) is 16.3 Å². The number of nitro benzene ring substituents is 1. The lowest BCUT2D eigenvalue weighted by molar-refractivity contribution is -0.387. The van der Waals surface area contributed by atoms with Crippen LogP contribution in [0.1, 0.15) is 5.56 Å². The average molecular weight is 346 g/mol. The van der Waals surface area contributed by atoms with Crippen molar-refractivity contribution >= 4 is 16.5 Å². The SMILES string of the molecule is COc1cc(F)c([N+](=O)[O-])cc1OCc1ccc(F)c2ccncc12. The second-order valence-corrected chi connectivity index (χ2v) is 5.13. The van der Waals surface area contributed by atoms with E-state index in [2.05, 4.69) is 4.98 Å². The molecule has 3 rings (SSSR count). The summed E-state index contributed by atoms with van der Waals surface area (Å²) >= 11 is 0. The molecular formula is C17H12F2N2O4. The molecule has 25 heavy (non-hydrogen) atoms. The number of nitro groups is 1. The first-order valence-corrected chi connectivity index (χ1v) is 7.17. The van der Waals surface area contributed by atoms with Crippen LogP contribution < -0.4 is 9.47 Å². The van der Waals surface area contributed by atoms with Gasteiger partial charge in [0.15, 0.2) is 11.5 Å². The van der Waals surface area contributed by atoms with E-state index in [1.807, 2.05) is 0 Å². The molecule has 0 fully saturated rings. The Hall–Kier alpha value is -3.29. The first-order chi connectivity index (χ1) is 12.0. The number of ether oxygens (including phenoxy) is 2. The van der Waals surface area contributed by atoms with Gasteiger partial charge in [0, 0.05) is 29.2 Å². The molecule has 6 nitrogen and oxygen atoms in total. The number of aromatic nitrogens is 1. The van der Waals surface area contributed by atoms with Crippen LogP contribution >= 0.6 is 0 Å². The molecule has 2 aromatic carbocycles. The number of pyridine rings is 1. The molecule has 3 aromatic rings. The van der Waals surface area contributed by atoms with E-state index in [-0.39, 0.29) is 18.1 Å². The third-order valence-electron chi connectivity index (χ3n) is 3.67. The number of fused-ring (bicyclic) bond motifs is 1. The Morgan fingerprint density at radius 3 is 2.64 bits per heavy atom. The van der Waals surface area contributed by atoms with Crippen molar-refractivity contribution in [3.8, 4) is 11.5 Å². The molecule has 0 spiro atoms. The summed E-state index contributed by atoms with van der Waals surface area (Å²) in [6.07, 6.45) is 2.98. The number of methoxy groups -OCH3 is 1. The summed E-state index contributed by atoms with van der Waals surface area (Å²) in [5.74, 6) is -1.38. The Bertz CT molecular complexity index is 963. The van der Waals surface area contributed by atoms with Gasteiger partial charge in [-0.15, -0.1) is 0 Å². The van der Waals surface area contributed by atoms with Crippen LogP contribution in [0.4, 0.5) is 14.5 Å². The maximum absolute atomic E-state index is 13.8. The number of nitrogens with zero attached hydrogens (tertiary/aromatic N) is 2. The van der Waals surface area contributed by atoms with Gasteiger partial charge in [-0.1, -0.05) is 6.07 Å². The second-order valence-electron chi connectivity index (χ2n) is 5.13. The highest BCUT2D eigenvalue weighted by atomic mass is 19.1. The lowest BCUT2D eigenvalue weighted by atomic mass is 10.1. The quantitative estimate of drug-likeness (QED) is 0.515. The molecule has 0 radical (unpaired) electrons. The summed E-state index contributed by atoms with van der Waals surface area (Å²) in [5.41, 5.74) is -0.0973. The summed E-state index contributed by atoms with van der Waals surface area (Å²) in [6.45, 7) is -0.0262. The zero-order chi connectivity index (χ0) is 18.0. The van der Waals surface area contributed by atoms with Gasteiger partial charge >= 0.3 is 5.69 Å². The molecule has 1 heterocycles. The Morgan fingerprint density at radius 2 is 1.92 bits per heavy atom. The van der Waals surface area contributed by atoms with E-state index < -0.39 is 22.2 Å². The van der Waals surface area contributed by atoms with Crippen molar-refractivity contribution < 1.29 is 23.2 Å². The largest absolute Gasteiger partial charge is 0.493 e. The van der Waals surface area contributed by atoms with E-state index in [4.69, 9.17) is 9.47 Å². The number of hydrogen-bond donors (Lipinski definition) is 0. The number of hydrogen-bond acceptors (Lipinski definition) is 5. The summed E-state index contributed by atoms with van der Waals surface area (Å²) in [5, 5.41) is 11.8. The van der Waals surface area contributed by atoms with Gasteiger partial charge in [0.25, 0.3) is 0 Å². The fraction of sp³-hybridized carbons (Fsp3) is 0.118. The predicted octanol–water partition coefficient (Wildman–Crippen LogP) is 4.01. The molecule has 0 saturated heterocycles. The van der Waals surface area contributed by atoms with Crippen LogP contribution in [0, 0.1) is 21.7 Å². The molecule has 0 aliphatic carbocycles. The van der Waals surface area contributed by atoms with E-state index >= 15 is 0 Å². The fourth-order valence-electron chi connectivity index (χ4n) is 2.43. The van der Waals surface area contributed by atoms with Gasteiger partial charge in [-0.2, -0.15) is 4.39 Å². The van der Waals surface area contributed by atoms with Crippen LogP contribution in [0.3, 0.4) is 0 Å². The smallest absolute Gasteiger partial charge is 0.308 e. The number of benzene rings is 2. The van der Waals surface area contributed by atoms with Gasteiger partial charge in [0.1, 0.15) is 12.4 Å². The zero-order valence-corrected chi connectivity index (χ0v) is 13.0. The summed E-state index contributed by atoms with van der Waals surface area (Å²) in [4.78, 5) is 14.0. The van der Waals surface area contributed by atoms with E-state index in [1.165, 1.54) is 37.7 Å². The van der Waals surface area contributed by atoms with E-state index in [9.17, 15) is 18.9 Å². The first kappa shape index (κ1) is 16.6. The molecule has 0 N–H and O–H groups in total. The van der Waals surface area contributed by atoms with Crippen molar-refractivity contribution in [3.63, 3.8) is 0 Å². The predicted molar refractivity (Wildman–Crippen MR) is 85.6 cm³/mol. The normalized spacial score (nSPS) is 10.7. The highest BCUT2D eigenvalue weighted by Gasteiger charge is 2.20. The first-order valence-electron chi connectivity index (χ1n) is 7.17.